The highest BCUT2D eigenvalue weighted by atomic mass is 16.6. The fraction of sp³-hybridized carbons (Fsp3) is 0.294. The third-order valence-electron chi connectivity index (χ3n) is 2.67. The van der Waals surface area contributed by atoms with E-state index in [1.165, 1.54) is 0 Å². The van der Waals surface area contributed by atoms with E-state index in [0.717, 1.165) is 19.1 Å². The number of hydrogen-bond acceptors (Lipinski definition) is 7. The third kappa shape index (κ3) is 7.35. The highest BCUT2D eigenvalue weighted by Crippen LogP contribution is 2.09. The third-order valence-corrected chi connectivity index (χ3v) is 2.67. The van der Waals surface area contributed by atoms with E-state index in [1.807, 2.05) is 0 Å². The van der Waals surface area contributed by atoms with Crippen molar-refractivity contribution in [3.63, 3.8) is 0 Å². The van der Waals surface area contributed by atoms with Gasteiger partial charge in [-0.1, -0.05) is 30.3 Å². The first-order valence-electron chi connectivity index (χ1n) is 7.24. The molecule has 0 aliphatic rings. The summed E-state index contributed by atoms with van der Waals surface area (Å²) in [5, 5.41) is 0. The molecular weight excluding hydrogens is 316 g/mol. The Morgan fingerprint density at radius 3 is 2.25 bits per heavy atom. The van der Waals surface area contributed by atoms with Crippen molar-refractivity contribution in [2.45, 2.75) is 26.4 Å². The van der Waals surface area contributed by atoms with E-state index in [0.29, 0.717) is 5.56 Å². The Kier molecular flexibility index (Phi) is 7.90. The predicted molar refractivity (Wildman–Crippen MR) is 82.6 cm³/mol. The zero-order valence-electron chi connectivity index (χ0n) is 13.4. The molecule has 1 atom stereocenters. The zero-order chi connectivity index (χ0) is 17.9. The summed E-state index contributed by atoms with van der Waals surface area (Å²) in [5.41, 5.74) is 0.713. The second-order valence-electron chi connectivity index (χ2n) is 4.61. The Morgan fingerprint density at radius 2 is 1.67 bits per heavy atom. The van der Waals surface area contributed by atoms with Crippen LogP contribution in [-0.4, -0.2) is 36.6 Å². The van der Waals surface area contributed by atoms with Crippen LogP contribution in [0.2, 0.25) is 0 Å². The molecule has 24 heavy (non-hydrogen) atoms. The van der Waals surface area contributed by atoms with Crippen LogP contribution in [0.1, 0.15) is 19.4 Å². The van der Waals surface area contributed by atoms with E-state index < -0.39 is 30.0 Å². The largest absolute Gasteiger partial charge is 0.463 e. The van der Waals surface area contributed by atoms with E-state index in [-0.39, 0.29) is 13.0 Å². The lowest BCUT2D eigenvalue weighted by Gasteiger charge is -2.15. The molecule has 0 saturated carbocycles. The molecule has 0 N–H and O–H groups in total. The van der Waals surface area contributed by atoms with Gasteiger partial charge in [-0.2, -0.15) is 0 Å². The maximum absolute atomic E-state index is 11.9. The molecule has 0 fully saturated rings. The minimum absolute atomic E-state index is 0.0337. The summed E-state index contributed by atoms with van der Waals surface area (Å²) in [7, 11) is 0. The zero-order valence-corrected chi connectivity index (χ0v) is 13.4. The number of esters is 4. The molecule has 1 aromatic carbocycles. The fourth-order valence-electron chi connectivity index (χ4n) is 1.71. The average molecular weight is 334 g/mol. The van der Waals surface area contributed by atoms with Crippen molar-refractivity contribution >= 4 is 23.9 Å². The molecule has 0 aliphatic carbocycles. The molecule has 7 heteroatoms. The maximum Gasteiger partial charge on any atom is 0.355 e. The number of benzene rings is 1. The summed E-state index contributed by atoms with van der Waals surface area (Å²) >= 11 is 0. The summed E-state index contributed by atoms with van der Waals surface area (Å²) < 4.78 is 14.1. The molecular formula is C17H18O7. The van der Waals surface area contributed by atoms with E-state index in [4.69, 9.17) is 4.74 Å². The molecule has 0 aliphatic heterocycles. The van der Waals surface area contributed by atoms with Gasteiger partial charge in [-0.25, -0.2) is 14.4 Å². The molecule has 1 aromatic rings. The first-order chi connectivity index (χ1) is 11.4. The van der Waals surface area contributed by atoms with Crippen LogP contribution >= 0.6 is 0 Å². The summed E-state index contributed by atoms with van der Waals surface area (Å²) in [6, 6.07) is 8.77. The second kappa shape index (κ2) is 9.94. The second-order valence-corrected chi connectivity index (χ2v) is 4.61. The Balaban J connectivity index is 2.77. The van der Waals surface area contributed by atoms with Crippen molar-refractivity contribution in [1.29, 1.82) is 0 Å². The van der Waals surface area contributed by atoms with Crippen molar-refractivity contribution in [3.8, 4) is 0 Å². The summed E-state index contributed by atoms with van der Waals surface area (Å²) in [4.78, 5) is 45.7. The van der Waals surface area contributed by atoms with Crippen molar-refractivity contribution in [2.75, 3.05) is 6.61 Å². The van der Waals surface area contributed by atoms with Crippen molar-refractivity contribution in [2.24, 2.45) is 0 Å². The van der Waals surface area contributed by atoms with Crippen LogP contribution in [-0.2, 0) is 39.8 Å². The highest BCUT2D eigenvalue weighted by molar-refractivity contribution is 5.93. The minimum atomic E-state index is -1.31. The summed E-state index contributed by atoms with van der Waals surface area (Å²) in [6.45, 7) is 2.86. The Labute approximate surface area is 139 Å². The van der Waals surface area contributed by atoms with Gasteiger partial charge in [-0.3, -0.25) is 4.79 Å². The maximum atomic E-state index is 11.9. The van der Waals surface area contributed by atoms with Gasteiger partial charge < -0.3 is 14.2 Å². The Bertz CT molecular complexity index is 619. The number of carbonyl (C=O) groups is 4. The average Bonchev–Trinajstić information content (AvgIpc) is 2.53. The molecule has 0 heterocycles. The predicted octanol–water partition coefficient (Wildman–Crippen LogP) is 1.35. The molecule has 0 aromatic heterocycles. The van der Waals surface area contributed by atoms with Gasteiger partial charge in [0.2, 0.25) is 6.10 Å². The quantitative estimate of drug-likeness (QED) is 0.321. The smallest absolute Gasteiger partial charge is 0.355 e. The first kappa shape index (κ1) is 19.1. The van der Waals surface area contributed by atoms with Crippen LogP contribution in [0.25, 0.3) is 0 Å². The number of ether oxygens (including phenoxy) is 3. The number of carbonyl (C=O) groups excluding carboxylic acids is 4. The van der Waals surface area contributed by atoms with Crippen molar-refractivity contribution < 1.29 is 33.4 Å². The van der Waals surface area contributed by atoms with Gasteiger partial charge in [0.25, 0.3) is 0 Å². The SMILES string of the molecule is CCOC(=O)/C=C\C(=O)OC(Cc1ccccc1)C(=O)OC(C)=O. The molecule has 1 unspecified atom stereocenters. The van der Waals surface area contributed by atoms with E-state index in [2.05, 4.69) is 9.47 Å². The lowest BCUT2D eigenvalue weighted by atomic mass is 10.1. The molecule has 0 radical (unpaired) electrons. The standard InChI is InChI=1S/C17H18O7/c1-3-22-15(19)9-10-16(20)24-14(17(21)23-12(2)18)11-13-7-5-4-6-8-13/h4-10,14H,3,11H2,1-2H3/b10-9-. The molecule has 0 saturated heterocycles. The van der Waals surface area contributed by atoms with Crippen molar-refractivity contribution in [3.05, 3.63) is 48.0 Å². The molecule has 128 valence electrons. The molecule has 1 rings (SSSR count). The molecule has 0 spiro atoms. The van der Waals surface area contributed by atoms with Crippen LogP contribution in [0.3, 0.4) is 0 Å². The van der Waals surface area contributed by atoms with E-state index >= 15 is 0 Å². The lowest BCUT2D eigenvalue weighted by Crippen LogP contribution is -2.32. The van der Waals surface area contributed by atoms with Gasteiger partial charge in [-0.05, 0) is 12.5 Å². The first-order valence-corrected chi connectivity index (χ1v) is 7.24. The van der Waals surface area contributed by atoms with E-state index in [9.17, 15) is 19.2 Å². The van der Waals surface area contributed by atoms with Crippen molar-refractivity contribution in [1.82, 2.24) is 0 Å². The van der Waals surface area contributed by atoms with Crippen LogP contribution < -0.4 is 0 Å². The summed E-state index contributed by atoms with van der Waals surface area (Å²) in [5.74, 6) is -3.43. The molecule has 0 amide bonds. The number of rotatable bonds is 7. The van der Waals surface area contributed by atoms with E-state index in [1.54, 1.807) is 37.3 Å². The Morgan fingerprint density at radius 1 is 1.04 bits per heavy atom. The topological polar surface area (TPSA) is 96.0 Å². The van der Waals surface area contributed by atoms with Crippen LogP contribution in [0.15, 0.2) is 42.5 Å². The molecule has 7 nitrogen and oxygen atoms in total. The van der Waals surface area contributed by atoms with Crippen LogP contribution in [0, 0.1) is 0 Å². The lowest BCUT2D eigenvalue weighted by molar-refractivity contribution is -0.171. The van der Waals surface area contributed by atoms with Gasteiger partial charge >= 0.3 is 23.9 Å². The van der Waals surface area contributed by atoms with Gasteiger partial charge in [0.15, 0.2) is 0 Å². The van der Waals surface area contributed by atoms with Gasteiger partial charge in [0, 0.05) is 25.5 Å². The Hall–Kier alpha value is -2.96. The highest BCUT2D eigenvalue weighted by Gasteiger charge is 2.25. The summed E-state index contributed by atoms with van der Waals surface area (Å²) in [6.07, 6.45) is 0.459. The minimum Gasteiger partial charge on any atom is -0.463 e. The van der Waals surface area contributed by atoms with Gasteiger partial charge in [-0.15, -0.1) is 0 Å². The number of hydrogen-bond donors (Lipinski definition) is 0. The fourth-order valence-corrected chi connectivity index (χ4v) is 1.71. The van der Waals surface area contributed by atoms with Crippen LogP contribution in [0.4, 0.5) is 0 Å². The monoisotopic (exact) mass is 334 g/mol. The normalized spacial score (nSPS) is 11.6. The van der Waals surface area contributed by atoms with Gasteiger partial charge in [0.05, 0.1) is 6.61 Å². The molecule has 0 bridgehead atoms. The van der Waals surface area contributed by atoms with Gasteiger partial charge in [0.1, 0.15) is 0 Å². The van der Waals surface area contributed by atoms with Crippen LogP contribution in [0.5, 0.6) is 0 Å².